The minimum absolute atomic E-state index is 0.0505. The van der Waals surface area contributed by atoms with E-state index in [2.05, 4.69) is 31.1 Å². The molecular weight excluding hydrogens is 238 g/mol. The van der Waals surface area contributed by atoms with Crippen molar-refractivity contribution in [2.24, 2.45) is 11.1 Å². The molecule has 1 atom stereocenters. The van der Waals surface area contributed by atoms with Crippen LogP contribution in [0.1, 0.15) is 45.0 Å². The zero-order chi connectivity index (χ0) is 14.6. The Labute approximate surface area is 115 Å². The lowest BCUT2D eigenvalue weighted by atomic mass is 9.87. The van der Waals surface area contributed by atoms with E-state index in [1.165, 1.54) is 0 Å². The second kappa shape index (κ2) is 6.15. The van der Waals surface area contributed by atoms with Crippen molar-refractivity contribution in [1.82, 2.24) is 4.98 Å². The molecule has 106 valence electrons. The molecule has 0 saturated carbocycles. The number of nitrogens with one attached hydrogen (secondary N) is 1. The number of carbonyl (C=O) groups is 1. The largest absolute Gasteiger partial charge is 0.327 e. The summed E-state index contributed by atoms with van der Waals surface area (Å²) in [7, 11) is 0. The Kier molecular flexibility index (Phi) is 5.06. The molecule has 4 heteroatoms. The van der Waals surface area contributed by atoms with Crippen LogP contribution in [-0.2, 0) is 4.79 Å². The van der Waals surface area contributed by atoms with Crippen molar-refractivity contribution in [2.45, 2.75) is 53.5 Å². The molecule has 1 amide bonds. The Bertz CT molecular complexity index is 449. The van der Waals surface area contributed by atoms with E-state index in [-0.39, 0.29) is 17.4 Å². The summed E-state index contributed by atoms with van der Waals surface area (Å²) in [6.45, 7) is 10.2. The van der Waals surface area contributed by atoms with E-state index in [1.54, 1.807) is 0 Å². The summed E-state index contributed by atoms with van der Waals surface area (Å²) in [5.41, 5.74) is 8.68. The molecule has 1 unspecified atom stereocenters. The molecule has 0 spiro atoms. The number of nitrogens with two attached hydrogens (primary N) is 1. The van der Waals surface area contributed by atoms with Gasteiger partial charge in [-0.3, -0.25) is 9.78 Å². The van der Waals surface area contributed by atoms with Gasteiger partial charge in [0.1, 0.15) is 0 Å². The fourth-order valence-electron chi connectivity index (χ4n) is 2.12. The predicted molar refractivity (Wildman–Crippen MR) is 79.0 cm³/mol. The van der Waals surface area contributed by atoms with Gasteiger partial charge in [0.15, 0.2) is 0 Å². The molecule has 3 N–H and O–H groups in total. The number of rotatable bonds is 4. The maximum Gasteiger partial charge on any atom is 0.225 e. The Balaban J connectivity index is 2.56. The number of aromatic nitrogens is 1. The van der Waals surface area contributed by atoms with Crippen molar-refractivity contribution in [3.63, 3.8) is 0 Å². The van der Waals surface area contributed by atoms with E-state index in [0.29, 0.717) is 6.42 Å². The number of hydrogen-bond donors (Lipinski definition) is 2. The van der Waals surface area contributed by atoms with Crippen LogP contribution in [0.25, 0.3) is 0 Å². The van der Waals surface area contributed by atoms with Crippen LogP contribution in [0.2, 0.25) is 0 Å². The number of carbonyl (C=O) groups excluding carboxylic acids is 1. The van der Waals surface area contributed by atoms with Crippen LogP contribution in [0, 0.1) is 19.3 Å². The van der Waals surface area contributed by atoms with Crippen molar-refractivity contribution >= 4 is 11.6 Å². The minimum Gasteiger partial charge on any atom is -0.327 e. The van der Waals surface area contributed by atoms with Gasteiger partial charge in [0, 0.05) is 18.2 Å². The zero-order valence-electron chi connectivity index (χ0n) is 12.6. The summed E-state index contributed by atoms with van der Waals surface area (Å²) in [4.78, 5) is 16.2. The third kappa shape index (κ3) is 5.83. The topological polar surface area (TPSA) is 68.0 Å². The van der Waals surface area contributed by atoms with Gasteiger partial charge < -0.3 is 11.1 Å². The molecule has 0 saturated heterocycles. The molecule has 1 heterocycles. The van der Waals surface area contributed by atoms with E-state index in [4.69, 9.17) is 5.73 Å². The third-order valence-electron chi connectivity index (χ3n) is 2.82. The summed E-state index contributed by atoms with van der Waals surface area (Å²) < 4.78 is 0. The predicted octanol–water partition coefficient (Wildman–Crippen LogP) is 2.79. The average molecular weight is 263 g/mol. The van der Waals surface area contributed by atoms with E-state index in [9.17, 15) is 4.79 Å². The van der Waals surface area contributed by atoms with Gasteiger partial charge in [0.05, 0.1) is 11.4 Å². The molecule has 1 aromatic rings. The fraction of sp³-hybridized carbons (Fsp3) is 0.600. The molecule has 0 bridgehead atoms. The molecule has 0 aromatic carbocycles. The van der Waals surface area contributed by atoms with Gasteiger partial charge in [0.25, 0.3) is 0 Å². The lowest BCUT2D eigenvalue weighted by molar-refractivity contribution is -0.116. The lowest BCUT2D eigenvalue weighted by Crippen LogP contribution is -2.31. The van der Waals surface area contributed by atoms with Gasteiger partial charge in [0.2, 0.25) is 5.91 Å². The normalized spacial score (nSPS) is 13.2. The first-order valence-corrected chi connectivity index (χ1v) is 6.67. The van der Waals surface area contributed by atoms with Crippen LogP contribution in [0.5, 0.6) is 0 Å². The monoisotopic (exact) mass is 263 g/mol. The molecular formula is C15H25N3O. The first kappa shape index (κ1) is 15.6. The second-order valence-electron chi connectivity index (χ2n) is 6.36. The SMILES string of the molecule is Cc1ccc(NC(=O)CC(N)CC(C)(C)C)c(C)n1. The van der Waals surface area contributed by atoms with Gasteiger partial charge >= 0.3 is 0 Å². The van der Waals surface area contributed by atoms with Crippen molar-refractivity contribution < 1.29 is 4.79 Å². The number of pyridine rings is 1. The van der Waals surface area contributed by atoms with E-state index in [1.807, 2.05) is 26.0 Å². The molecule has 1 aromatic heterocycles. The third-order valence-corrected chi connectivity index (χ3v) is 2.82. The maximum atomic E-state index is 11.9. The first-order valence-electron chi connectivity index (χ1n) is 6.67. The van der Waals surface area contributed by atoms with Gasteiger partial charge in [-0.15, -0.1) is 0 Å². The Hall–Kier alpha value is -1.42. The van der Waals surface area contributed by atoms with E-state index in [0.717, 1.165) is 23.5 Å². The zero-order valence-corrected chi connectivity index (χ0v) is 12.6. The van der Waals surface area contributed by atoms with E-state index < -0.39 is 0 Å². The second-order valence-corrected chi connectivity index (χ2v) is 6.36. The number of hydrogen-bond acceptors (Lipinski definition) is 3. The van der Waals surface area contributed by atoms with Crippen LogP contribution in [0.3, 0.4) is 0 Å². The van der Waals surface area contributed by atoms with Crippen LogP contribution in [0.15, 0.2) is 12.1 Å². The van der Waals surface area contributed by atoms with Crippen LogP contribution in [-0.4, -0.2) is 16.9 Å². The smallest absolute Gasteiger partial charge is 0.225 e. The average Bonchev–Trinajstić information content (AvgIpc) is 2.19. The van der Waals surface area contributed by atoms with Gasteiger partial charge in [-0.1, -0.05) is 20.8 Å². The quantitative estimate of drug-likeness (QED) is 0.877. The Morgan fingerprint density at radius 2 is 2.00 bits per heavy atom. The molecule has 0 aliphatic heterocycles. The Morgan fingerprint density at radius 1 is 1.37 bits per heavy atom. The van der Waals surface area contributed by atoms with Crippen LogP contribution < -0.4 is 11.1 Å². The van der Waals surface area contributed by atoms with Gasteiger partial charge in [-0.05, 0) is 37.8 Å². The Morgan fingerprint density at radius 3 is 2.53 bits per heavy atom. The lowest BCUT2D eigenvalue weighted by Gasteiger charge is -2.22. The summed E-state index contributed by atoms with van der Waals surface area (Å²) >= 11 is 0. The van der Waals surface area contributed by atoms with Crippen LogP contribution >= 0.6 is 0 Å². The maximum absolute atomic E-state index is 11.9. The molecule has 1 rings (SSSR count). The molecule has 0 fully saturated rings. The van der Waals surface area contributed by atoms with E-state index >= 15 is 0 Å². The summed E-state index contributed by atoms with van der Waals surface area (Å²) in [5, 5.41) is 2.87. The highest BCUT2D eigenvalue weighted by Gasteiger charge is 2.18. The highest BCUT2D eigenvalue weighted by molar-refractivity contribution is 5.91. The number of anilines is 1. The molecule has 4 nitrogen and oxygen atoms in total. The van der Waals surface area contributed by atoms with Crippen molar-refractivity contribution in [3.05, 3.63) is 23.5 Å². The number of amides is 1. The fourth-order valence-corrected chi connectivity index (χ4v) is 2.12. The van der Waals surface area contributed by atoms with Crippen LogP contribution in [0.4, 0.5) is 5.69 Å². The number of aryl methyl sites for hydroxylation is 2. The van der Waals surface area contributed by atoms with Crippen molar-refractivity contribution in [2.75, 3.05) is 5.32 Å². The summed E-state index contributed by atoms with van der Waals surface area (Å²) in [6, 6.07) is 3.65. The molecule has 19 heavy (non-hydrogen) atoms. The number of nitrogens with zero attached hydrogens (tertiary/aromatic N) is 1. The highest BCUT2D eigenvalue weighted by atomic mass is 16.1. The summed E-state index contributed by atoms with van der Waals surface area (Å²) in [6.07, 6.45) is 1.16. The minimum atomic E-state index is -0.112. The molecule has 0 radical (unpaired) electrons. The van der Waals surface area contributed by atoms with Gasteiger partial charge in [-0.2, -0.15) is 0 Å². The standard InChI is InChI=1S/C15H25N3O/c1-10-6-7-13(11(2)17-10)18-14(19)8-12(16)9-15(3,4)5/h6-7,12H,8-9,16H2,1-5H3,(H,18,19). The van der Waals surface area contributed by atoms with Gasteiger partial charge in [-0.25, -0.2) is 0 Å². The summed E-state index contributed by atoms with van der Waals surface area (Å²) in [5.74, 6) is -0.0505. The van der Waals surface area contributed by atoms with Crippen molar-refractivity contribution in [1.29, 1.82) is 0 Å². The molecule has 0 aliphatic rings. The van der Waals surface area contributed by atoms with Crippen molar-refractivity contribution in [3.8, 4) is 0 Å². The first-order chi connectivity index (χ1) is 8.67. The molecule has 0 aliphatic carbocycles. The highest BCUT2D eigenvalue weighted by Crippen LogP contribution is 2.21.